The molecule has 1 aliphatic heterocycles. The Morgan fingerprint density at radius 2 is 2.12 bits per heavy atom. The zero-order chi connectivity index (χ0) is 17.8. The maximum atomic E-state index is 12.8. The van der Waals surface area contributed by atoms with Crippen molar-refractivity contribution in [1.29, 1.82) is 0 Å². The van der Waals surface area contributed by atoms with Crippen LogP contribution in [0.1, 0.15) is 25.5 Å². The summed E-state index contributed by atoms with van der Waals surface area (Å²) >= 11 is 0. The number of hydrogen-bond acceptors (Lipinski definition) is 3. The van der Waals surface area contributed by atoms with Crippen LogP contribution in [0.25, 0.3) is 10.9 Å². The van der Waals surface area contributed by atoms with Crippen LogP contribution in [0.15, 0.2) is 35.1 Å². The summed E-state index contributed by atoms with van der Waals surface area (Å²) in [5, 5.41) is 0.660. The van der Waals surface area contributed by atoms with Crippen molar-refractivity contribution in [3.05, 3.63) is 46.2 Å². The predicted molar refractivity (Wildman–Crippen MR) is 98.7 cm³/mol. The van der Waals surface area contributed by atoms with E-state index in [-0.39, 0.29) is 17.9 Å². The fourth-order valence-corrected chi connectivity index (χ4v) is 3.49. The largest absolute Gasteiger partial charge is 0.381 e. The second-order valence-electron chi connectivity index (χ2n) is 6.82. The summed E-state index contributed by atoms with van der Waals surface area (Å²) in [4.78, 5) is 26.8. The summed E-state index contributed by atoms with van der Waals surface area (Å²) in [6, 6.07) is 9.09. The number of hydrogen-bond donors (Lipinski definition) is 0. The van der Waals surface area contributed by atoms with Gasteiger partial charge in [0.1, 0.15) is 6.54 Å². The second-order valence-corrected chi connectivity index (χ2v) is 6.82. The first kappa shape index (κ1) is 17.7. The SMILES string of the molecule is CCCOC[C@@H]1CCN(C(=O)Cn2c(C)cc(=O)c3ccccc32)C1. The van der Waals surface area contributed by atoms with Crippen molar-refractivity contribution in [2.75, 3.05) is 26.3 Å². The van der Waals surface area contributed by atoms with Crippen LogP contribution in [0.4, 0.5) is 0 Å². The average Bonchev–Trinajstić information content (AvgIpc) is 3.08. The van der Waals surface area contributed by atoms with Gasteiger partial charge in [0, 0.05) is 42.8 Å². The summed E-state index contributed by atoms with van der Waals surface area (Å²) in [6.07, 6.45) is 2.02. The molecule has 1 aromatic carbocycles. The van der Waals surface area contributed by atoms with E-state index in [9.17, 15) is 9.59 Å². The van der Waals surface area contributed by atoms with E-state index in [1.807, 2.05) is 40.7 Å². The number of fused-ring (bicyclic) bond motifs is 1. The number of carbonyl (C=O) groups is 1. The van der Waals surface area contributed by atoms with Gasteiger partial charge in [0.05, 0.1) is 12.1 Å². The van der Waals surface area contributed by atoms with Crippen molar-refractivity contribution in [2.24, 2.45) is 5.92 Å². The van der Waals surface area contributed by atoms with E-state index in [0.29, 0.717) is 11.3 Å². The molecule has 1 atom stereocenters. The van der Waals surface area contributed by atoms with Crippen LogP contribution in [0.2, 0.25) is 0 Å². The van der Waals surface area contributed by atoms with E-state index in [1.54, 1.807) is 6.07 Å². The molecule has 1 saturated heterocycles. The van der Waals surface area contributed by atoms with Crippen molar-refractivity contribution in [3.8, 4) is 0 Å². The van der Waals surface area contributed by atoms with Crippen molar-refractivity contribution in [3.63, 3.8) is 0 Å². The highest BCUT2D eigenvalue weighted by molar-refractivity contribution is 5.82. The number of likely N-dealkylation sites (tertiary alicyclic amines) is 1. The number of amides is 1. The smallest absolute Gasteiger partial charge is 0.242 e. The molecule has 1 fully saturated rings. The lowest BCUT2D eigenvalue weighted by molar-refractivity contribution is -0.130. The summed E-state index contributed by atoms with van der Waals surface area (Å²) in [5.41, 5.74) is 1.65. The summed E-state index contributed by atoms with van der Waals surface area (Å²) in [6.45, 7) is 7.32. The molecule has 0 saturated carbocycles. The molecule has 0 radical (unpaired) electrons. The third-order valence-corrected chi connectivity index (χ3v) is 4.86. The fraction of sp³-hybridized carbons (Fsp3) is 0.500. The third-order valence-electron chi connectivity index (χ3n) is 4.86. The van der Waals surface area contributed by atoms with Crippen molar-refractivity contribution < 1.29 is 9.53 Å². The molecule has 0 aliphatic carbocycles. The first-order chi connectivity index (χ1) is 12.1. The van der Waals surface area contributed by atoms with Gasteiger partial charge in [0.2, 0.25) is 5.91 Å². The van der Waals surface area contributed by atoms with Crippen LogP contribution in [0.3, 0.4) is 0 Å². The van der Waals surface area contributed by atoms with Crippen LogP contribution in [0.5, 0.6) is 0 Å². The first-order valence-corrected chi connectivity index (χ1v) is 9.05. The summed E-state index contributed by atoms with van der Waals surface area (Å²) in [7, 11) is 0. The molecule has 1 aliphatic rings. The van der Waals surface area contributed by atoms with E-state index in [4.69, 9.17) is 4.74 Å². The van der Waals surface area contributed by atoms with E-state index in [0.717, 1.165) is 50.4 Å². The zero-order valence-electron chi connectivity index (χ0n) is 15.0. The Morgan fingerprint density at radius 3 is 2.92 bits per heavy atom. The van der Waals surface area contributed by atoms with Crippen molar-refractivity contribution in [1.82, 2.24) is 9.47 Å². The van der Waals surface area contributed by atoms with Crippen LogP contribution in [-0.2, 0) is 16.1 Å². The van der Waals surface area contributed by atoms with Crippen LogP contribution >= 0.6 is 0 Å². The molecule has 0 unspecified atom stereocenters. The van der Waals surface area contributed by atoms with Gasteiger partial charge in [-0.3, -0.25) is 9.59 Å². The van der Waals surface area contributed by atoms with Gasteiger partial charge >= 0.3 is 0 Å². The molecule has 25 heavy (non-hydrogen) atoms. The predicted octanol–water partition coefficient (Wildman–Crippen LogP) is 2.59. The minimum Gasteiger partial charge on any atom is -0.381 e. The van der Waals surface area contributed by atoms with Crippen LogP contribution in [-0.4, -0.2) is 41.7 Å². The van der Waals surface area contributed by atoms with E-state index < -0.39 is 0 Å². The van der Waals surface area contributed by atoms with E-state index in [2.05, 4.69) is 6.92 Å². The number of nitrogens with zero attached hydrogens (tertiary/aromatic N) is 2. The molecule has 3 rings (SSSR count). The highest BCUT2D eigenvalue weighted by Gasteiger charge is 2.26. The Bertz CT molecular complexity index is 812. The molecule has 2 heterocycles. The topological polar surface area (TPSA) is 51.5 Å². The zero-order valence-corrected chi connectivity index (χ0v) is 15.0. The quantitative estimate of drug-likeness (QED) is 0.758. The third kappa shape index (κ3) is 3.93. The van der Waals surface area contributed by atoms with Crippen molar-refractivity contribution in [2.45, 2.75) is 33.2 Å². The van der Waals surface area contributed by atoms with Crippen molar-refractivity contribution >= 4 is 16.8 Å². The Morgan fingerprint density at radius 1 is 1.32 bits per heavy atom. The molecule has 0 bridgehead atoms. The molecular weight excluding hydrogens is 316 g/mol. The van der Waals surface area contributed by atoms with Gasteiger partial charge in [-0.15, -0.1) is 0 Å². The number of para-hydroxylation sites is 1. The number of ether oxygens (including phenoxy) is 1. The fourth-order valence-electron chi connectivity index (χ4n) is 3.49. The molecule has 1 amide bonds. The molecule has 0 spiro atoms. The Hall–Kier alpha value is -2.14. The second kappa shape index (κ2) is 7.83. The minimum atomic E-state index is 0.00566. The van der Waals surface area contributed by atoms with Gasteiger partial charge in [0.15, 0.2) is 5.43 Å². The Balaban J connectivity index is 1.72. The maximum Gasteiger partial charge on any atom is 0.242 e. The number of rotatable bonds is 6. The highest BCUT2D eigenvalue weighted by atomic mass is 16.5. The average molecular weight is 342 g/mol. The first-order valence-electron chi connectivity index (χ1n) is 9.05. The number of carbonyl (C=O) groups excluding carboxylic acids is 1. The summed E-state index contributed by atoms with van der Waals surface area (Å²) in [5.74, 6) is 0.539. The molecule has 5 nitrogen and oxygen atoms in total. The molecule has 5 heteroatoms. The minimum absolute atomic E-state index is 0.00566. The number of aryl methyl sites for hydroxylation is 1. The lowest BCUT2D eigenvalue weighted by Crippen LogP contribution is -2.33. The van der Waals surface area contributed by atoms with Gasteiger partial charge in [0.25, 0.3) is 0 Å². The molecule has 134 valence electrons. The van der Waals surface area contributed by atoms with E-state index >= 15 is 0 Å². The highest BCUT2D eigenvalue weighted by Crippen LogP contribution is 2.19. The molecule has 0 N–H and O–H groups in total. The van der Waals surface area contributed by atoms with Crippen LogP contribution < -0.4 is 5.43 Å². The normalized spacial score (nSPS) is 17.4. The standard InChI is InChI=1S/C20H26N2O3/c1-3-10-25-14-16-8-9-21(12-16)20(24)13-22-15(2)11-19(23)17-6-4-5-7-18(17)22/h4-7,11,16H,3,8-10,12-14H2,1-2H3/t16-/m1/s1. The number of aromatic nitrogens is 1. The Labute approximate surface area is 148 Å². The number of benzene rings is 1. The summed E-state index contributed by atoms with van der Waals surface area (Å²) < 4.78 is 7.57. The monoisotopic (exact) mass is 342 g/mol. The van der Waals surface area contributed by atoms with Gasteiger partial charge in [-0.2, -0.15) is 0 Å². The van der Waals surface area contributed by atoms with E-state index in [1.165, 1.54) is 0 Å². The van der Waals surface area contributed by atoms with Crippen LogP contribution in [0, 0.1) is 12.8 Å². The van der Waals surface area contributed by atoms with Gasteiger partial charge in [-0.25, -0.2) is 0 Å². The maximum absolute atomic E-state index is 12.8. The molecular formula is C20H26N2O3. The number of pyridine rings is 1. The van der Waals surface area contributed by atoms with Gasteiger partial charge in [-0.05, 0) is 31.9 Å². The molecule has 1 aromatic heterocycles. The van der Waals surface area contributed by atoms with Gasteiger partial charge in [-0.1, -0.05) is 19.1 Å². The van der Waals surface area contributed by atoms with Gasteiger partial charge < -0.3 is 14.2 Å². The lowest BCUT2D eigenvalue weighted by atomic mass is 10.1. The lowest BCUT2D eigenvalue weighted by Gasteiger charge is -2.20. The Kier molecular flexibility index (Phi) is 5.53. The molecule has 2 aromatic rings.